The van der Waals surface area contributed by atoms with E-state index >= 15 is 0 Å². The van der Waals surface area contributed by atoms with Gasteiger partial charge in [-0.2, -0.15) is 0 Å². The van der Waals surface area contributed by atoms with Gasteiger partial charge < -0.3 is 15.0 Å². The molecule has 1 heterocycles. The van der Waals surface area contributed by atoms with Crippen molar-refractivity contribution < 1.29 is 14.3 Å². The lowest BCUT2D eigenvalue weighted by Crippen LogP contribution is -2.39. The van der Waals surface area contributed by atoms with Crippen LogP contribution in [0.25, 0.3) is 11.3 Å². The second kappa shape index (κ2) is 10.9. The zero-order chi connectivity index (χ0) is 23.1. The van der Waals surface area contributed by atoms with Gasteiger partial charge in [-0.25, -0.2) is 0 Å². The average Bonchev–Trinajstić information content (AvgIpc) is 2.78. The third kappa shape index (κ3) is 5.73. The van der Waals surface area contributed by atoms with Gasteiger partial charge in [-0.15, -0.1) is 0 Å². The number of anilines is 1. The Morgan fingerprint density at radius 2 is 1.88 bits per heavy atom. The summed E-state index contributed by atoms with van der Waals surface area (Å²) in [5, 5.41) is 2.83. The lowest BCUT2D eigenvalue weighted by molar-refractivity contribution is -0.116. The molecule has 0 bridgehead atoms. The molecule has 166 valence electrons. The van der Waals surface area contributed by atoms with Crippen LogP contribution in [0.5, 0.6) is 5.75 Å². The second-order valence-corrected chi connectivity index (χ2v) is 8.23. The predicted molar refractivity (Wildman–Crippen MR) is 130 cm³/mol. The monoisotopic (exact) mass is 495 g/mol. The number of benzene rings is 2. The summed E-state index contributed by atoms with van der Waals surface area (Å²) in [6.07, 6.45) is 0.732. The first-order valence-electron chi connectivity index (χ1n) is 10.4. The number of methoxy groups -OCH3 is 1. The highest BCUT2D eigenvalue weighted by Crippen LogP contribution is 2.24. The van der Waals surface area contributed by atoms with Crippen LogP contribution in [-0.4, -0.2) is 41.9 Å². The van der Waals surface area contributed by atoms with Crippen LogP contribution in [-0.2, 0) is 4.79 Å². The Morgan fingerprint density at radius 3 is 2.56 bits per heavy atom. The van der Waals surface area contributed by atoms with Gasteiger partial charge in [0.15, 0.2) is 0 Å². The number of aromatic nitrogens is 1. The van der Waals surface area contributed by atoms with Crippen molar-refractivity contribution >= 4 is 33.4 Å². The molecule has 0 saturated heterocycles. The SMILES string of the molecule is CCCN(CC(=O)Nc1ccccc1OC)C(=O)c1ccc(-c2cccc(Br)c2)nc1C. The Hall–Kier alpha value is -3.19. The van der Waals surface area contributed by atoms with E-state index in [1.807, 2.05) is 56.3 Å². The van der Waals surface area contributed by atoms with E-state index < -0.39 is 0 Å². The minimum absolute atomic E-state index is 0.0580. The fraction of sp³-hybridized carbons (Fsp3) is 0.240. The molecular formula is C25H26BrN3O3. The van der Waals surface area contributed by atoms with E-state index in [2.05, 4.69) is 26.2 Å². The number of pyridine rings is 1. The molecule has 0 saturated carbocycles. The molecule has 3 rings (SSSR count). The number of aryl methyl sites for hydroxylation is 1. The van der Waals surface area contributed by atoms with E-state index in [1.165, 1.54) is 0 Å². The van der Waals surface area contributed by atoms with Crippen molar-refractivity contribution in [3.8, 4) is 17.0 Å². The molecule has 0 aliphatic heterocycles. The van der Waals surface area contributed by atoms with Crippen LogP contribution >= 0.6 is 15.9 Å². The van der Waals surface area contributed by atoms with Crippen molar-refractivity contribution in [2.24, 2.45) is 0 Å². The second-order valence-electron chi connectivity index (χ2n) is 7.31. The number of hydrogen-bond donors (Lipinski definition) is 1. The summed E-state index contributed by atoms with van der Waals surface area (Å²) in [5.41, 5.74) is 3.43. The molecule has 1 aromatic heterocycles. The quantitative estimate of drug-likeness (QED) is 0.458. The number of ether oxygens (including phenoxy) is 1. The first kappa shape index (κ1) is 23.5. The average molecular weight is 496 g/mol. The molecule has 2 aromatic carbocycles. The smallest absolute Gasteiger partial charge is 0.256 e. The Morgan fingerprint density at radius 1 is 1.09 bits per heavy atom. The summed E-state index contributed by atoms with van der Waals surface area (Å²) >= 11 is 3.47. The molecule has 0 radical (unpaired) electrons. The van der Waals surface area contributed by atoms with Crippen LogP contribution in [0.4, 0.5) is 5.69 Å². The minimum Gasteiger partial charge on any atom is -0.495 e. The Bertz CT molecular complexity index is 1120. The maximum atomic E-state index is 13.2. The Kier molecular flexibility index (Phi) is 8.00. The first-order valence-corrected chi connectivity index (χ1v) is 11.2. The van der Waals surface area contributed by atoms with Crippen molar-refractivity contribution in [1.29, 1.82) is 0 Å². The van der Waals surface area contributed by atoms with Crippen LogP contribution in [0.15, 0.2) is 65.1 Å². The van der Waals surface area contributed by atoms with Crippen LogP contribution in [0, 0.1) is 6.92 Å². The van der Waals surface area contributed by atoms with Gasteiger partial charge >= 0.3 is 0 Å². The number of carbonyl (C=O) groups is 2. The summed E-state index contributed by atoms with van der Waals surface area (Å²) in [6, 6.07) is 18.6. The fourth-order valence-corrected chi connectivity index (χ4v) is 3.80. The van der Waals surface area contributed by atoms with E-state index in [9.17, 15) is 9.59 Å². The number of hydrogen-bond acceptors (Lipinski definition) is 4. The number of rotatable bonds is 8. The highest BCUT2D eigenvalue weighted by atomic mass is 79.9. The highest BCUT2D eigenvalue weighted by Gasteiger charge is 2.21. The molecule has 2 amide bonds. The van der Waals surface area contributed by atoms with Gasteiger partial charge in [0.25, 0.3) is 5.91 Å². The molecule has 32 heavy (non-hydrogen) atoms. The van der Waals surface area contributed by atoms with Gasteiger partial charge in [0, 0.05) is 16.6 Å². The zero-order valence-corrected chi connectivity index (χ0v) is 20.0. The maximum absolute atomic E-state index is 13.2. The fourth-order valence-electron chi connectivity index (χ4n) is 3.40. The third-order valence-corrected chi connectivity index (χ3v) is 5.43. The largest absolute Gasteiger partial charge is 0.495 e. The summed E-state index contributed by atoms with van der Waals surface area (Å²) < 4.78 is 6.24. The first-order chi connectivity index (χ1) is 15.4. The molecule has 0 aliphatic carbocycles. The highest BCUT2D eigenvalue weighted by molar-refractivity contribution is 9.10. The number of nitrogens with one attached hydrogen (secondary N) is 1. The minimum atomic E-state index is -0.285. The molecule has 6 nitrogen and oxygen atoms in total. The molecular weight excluding hydrogens is 470 g/mol. The van der Waals surface area contributed by atoms with Crippen LogP contribution in [0.1, 0.15) is 29.4 Å². The molecule has 0 fully saturated rings. The number of carbonyl (C=O) groups excluding carboxylic acids is 2. The lowest BCUT2D eigenvalue weighted by Gasteiger charge is -2.23. The van der Waals surface area contributed by atoms with Crippen LogP contribution < -0.4 is 10.1 Å². The van der Waals surface area contributed by atoms with Gasteiger partial charge in [0.05, 0.1) is 29.7 Å². The van der Waals surface area contributed by atoms with Gasteiger partial charge in [0.2, 0.25) is 5.91 Å². The van der Waals surface area contributed by atoms with Crippen molar-refractivity contribution in [3.05, 3.63) is 76.4 Å². The zero-order valence-electron chi connectivity index (χ0n) is 18.4. The summed E-state index contributed by atoms with van der Waals surface area (Å²) in [6.45, 7) is 4.19. The van der Waals surface area contributed by atoms with Crippen molar-refractivity contribution in [3.63, 3.8) is 0 Å². The molecule has 0 unspecified atom stereocenters. The number of amides is 2. The molecule has 0 aliphatic rings. The Balaban J connectivity index is 1.77. The maximum Gasteiger partial charge on any atom is 0.256 e. The normalized spacial score (nSPS) is 10.5. The summed E-state index contributed by atoms with van der Waals surface area (Å²) in [4.78, 5) is 32.1. The van der Waals surface area contributed by atoms with Crippen LogP contribution in [0.2, 0.25) is 0 Å². The van der Waals surface area contributed by atoms with Gasteiger partial charge in [-0.05, 0) is 49.7 Å². The lowest BCUT2D eigenvalue weighted by atomic mass is 10.1. The van der Waals surface area contributed by atoms with Gasteiger partial charge in [-0.1, -0.05) is 47.1 Å². The molecule has 1 N–H and O–H groups in total. The molecule has 0 spiro atoms. The van der Waals surface area contributed by atoms with E-state index in [1.54, 1.807) is 30.2 Å². The molecule has 0 atom stereocenters. The number of para-hydroxylation sites is 2. The predicted octanol–water partition coefficient (Wildman–Crippen LogP) is 5.32. The van der Waals surface area contributed by atoms with E-state index in [0.717, 1.165) is 22.2 Å². The number of nitrogens with zero attached hydrogens (tertiary/aromatic N) is 2. The van der Waals surface area contributed by atoms with Gasteiger partial charge in [-0.3, -0.25) is 14.6 Å². The van der Waals surface area contributed by atoms with Crippen molar-refractivity contribution in [2.45, 2.75) is 20.3 Å². The van der Waals surface area contributed by atoms with Crippen LogP contribution in [0.3, 0.4) is 0 Å². The van der Waals surface area contributed by atoms with Gasteiger partial charge in [0.1, 0.15) is 12.3 Å². The Labute approximate surface area is 196 Å². The van der Waals surface area contributed by atoms with E-state index in [4.69, 9.17) is 4.74 Å². The van der Waals surface area contributed by atoms with Crippen molar-refractivity contribution in [1.82, 2.24) is 9.88 Å². The standard InChI is InChI=1S/C25H26BrN3O3/c1-4-14-29(16-24(30)28-22-10-5-6-11-23(22)32-3)25(31)20-12-13-21(27-17(20)2)18-8-7-9-19(26)15-18/h5-13,15H,4,14,16H2,1-3H3,(H,28,30). The molecule has 7 heteroatoms. The summed E-state index contributed by atoms with van der Waals surface area (Å²) in [7, 11) is 1.55. The number of halogens is 1. The topological polar surface area (TPSA) is 71.5 Å². The van der Waals surface area contributed by atoms with Crippen molar-refractivity contribution in [2.75, 3.05) is 25.5 Å². The third-order valence-electron chi connectivity index (χ3n) is 4.93. The molecule has 3 aromatic rings. The van der Waals surface area contributed by atoms with E-state index in [-0.39, 0.29) is 18.4 Å². The van der Waals surface area contributed by atoms with E-state index in [0.29, 0.717) is 29.2 Å². The summed E-state index contributed by atoms with van der Waals surface area (Å²) in [5.74, 6) is 0.0675.